The van der Waals surface area contributed by atoms with Crippen molar-refractivity contribution < 1.29 is 18.4 Å². The first-order valence-corrected chi connectivity index (χ1v) is 10.1. The van der Waals surface area contributed by atoms with Gasteiger partial charge in [0.2, 0.25) is 0 Å². The summed E-state index contributed by atoms with van der Waals surface area (Å²) in [5, 5.41) is 3.73. The zero-order valence-corrected chi connectivity index (χ0v) is 18.0. The summed E-state index contributed by atoms with van der Waals surface area (Å²) in [7, 11) is 0. The van der Waals surface area contributed by atoms with Gasteiger partial charge in [-0.15, -0.1) is 0 Å². The van der Waals surface area contributed by atoms with Crippen molar-refractivity contribution >= 4 is 56.8 Å². The average Bonchev–Trinajstić information content (AvgIpc) is 3.40. The highest BCUT2D eigenvalue weighted by atomic mass is 79.9. The van der Waals surface area contributed by atoms with Crippen LogP contribution < -0.4 is 10.1 Å². The highest BCUT2D eigenvalue weighted by Crippen LogP contribution is 2.28. The minimum Gasteiger partial charge on any atom is -0.484 e. The Morgan fingerprint density at radius 3 is 2.86 bits per heavy atom. The van der Waals surface area contributed by atoms with Crippen LogP contribution >= 0.6 is 39.7 Å². The summed E-state index contributed by atoms with van der Waals surface area (Å²) >= 11 is 14.7. The number of halogens is 2. The smallest absolute Gasteiger partial charge is 0.277 e. The van der Waals surface area contributed by atoms with Gasteiger partial charge in [-0.25, -0.2) is 0 Å². The number of nitrogens with zero attached hydrogens (tertiary/aromatic N) is 1. The second kappa shape index (κ2) is 8.44. The fraction of sp³-hybridized carbons (Fsp3) is 0.100. The maximum atomic E-state index is 12.6. The van der Waals surface area contributed by atoms with Crippen molar-refractivity contribution in [3.05, 3.63) is 81.2 Å². The van der Waals surface area contributed by atoms with Gasteiger partial charge in [0.15, 0.2) is 5.11 Å². The Hall–Kier alpha value is -2.55. The van der Waals surface area contributed by atoms with Crippen molar-refractivity contribution in [2.24, 2.45) is 0 Å². The molecule has 0 unspecified atom stereocenters. The maximum absolute atomic E-state index is 12.6. The first-order valence-electron chi connectivity index (χ1n) is 8.53. The Morgan fingerprint density at radius 2 is 2.10 bits per heavy atom. The van der Waals surface area contributed by atoms with E-state index in [9.17, 15) is 4.79 Å². The van der Waals surface area contributed by atoms with E-state index < -0.39 is 0 Å². The molecule has 148 valence electrons. The third-order valence-electron chi connectivity index (χ3n) is 4.09. The monoisotopic (exact) mass is 492 g/mol. The van der Waals surface area contributed by atoms with Gasteiger partial charge >= 0.3 is 0 Å². The highest BCUT2D eigenvalue weighted by molar-refractivity contribution is 9.10. The molecule has 0 atom stereocenters. The number of ether oxygens (including phenoxy) is 1. The molecule has 1 aromatic carbocycles. The van der Waals surface area contributed by atoms with Crippen LogP contribution in [-0.2, 0) is 17.9 Å². The molecule has 1 aliphatic heterocycles. The number of carbonyl (C=O) groups is 1. The van der Waals surface area contributed by atoms with Gasteiger partial charge in [0.05, 0.1) is 17.8 Å². The van der Waals surface area contributed by atoms with Crippen molar-refractivity contribution in [3.8, 4) is 5.75 Å². The SMILES string of the molecule is O=C1/C(=C\c2ccc(COc3ccc(Br)cc3Cl)o2)NC(=S)N1Cc1ccco1. The van der Waals surface area contributed by atoms with Gasteiger partial charge in [0.1, 0.15) is 35.3 Å². The highest BCUT2D eigenvalue weighted by Gasteiger charge is 2.31. The third kappa shape index (κ3) is 4.55. The number of nitrogens with one attached hydrogen (secondary N) is 1. The summed E-state index contributed by atoms with van der Waals surface area (Å²) in [5.41, 5.74) is 0.333. The summed E-state index contributed by atoms with van der Waals surface area (Å²) in [4.78, 5) is 14.0. The zero-order chi connectivity index (χ0) is 20.4. The number of amides is 1. The van der Waals surface area contributed by atoms with E-state index in [4.69, 9.17) is 37.4 Å². The van der Waals surface area contributed by atoms with Gasteiger partial charge in [-0.05, 0) is 54.7 Å². The molecule has 2 aromatic heterocycles. The second-order valence-corrected chi connectivity index (χ2v) is 7.84. The Labute approximate surface area is 185 Å². The van der Waals surface area contributed by atoms with Gasteiger partial charge in [-0.3, -0.25) is 9.69 Å². The van der Waals surface area contributed by atoms with E-state index in [1.54, 1.807) is 48.7 Å². The van der Waals surface area contributed by atoms with E-state index >= 15 is 0 Å². The molecular weight excluding hydrogens is 480 g/mol. The van der Waals surface area contributed by atoms with Gasteiger partial charge in [-0.2, -0.15) is 0 Å². The molecule has 1 amide bonds. The van der Waals surface area contributed by atoms with Gasteiger partial charge in [0, 0.05) is 10.5 Å². The Balaban J connectivity index is 1.42. The predicted octanol–water partition coefficient (Wildman–Crippen LogP) is 5.13. The lowest BCUT2D eigenvalue weighted by atomic mass is 10.3. The average molecular weight is 494 g/mol. The molecule has 1 fully saturated rings. The standard InChI is InChI=1S/C20H14BrClN2O4S/c21-12-3-6-18(16(22)8-12)27-11-15-5-4-13(28-15)9-17-19(25)24(20(29)23-17)10-14-2-1-7-26-14/h1-9H,10-11H2,(H,23,29)/b17-9+. The lowest BCUT2D eigenvalue weighted by molar-refractivity contribution is -0.122. The lowest BCUT2D eigenvalue weighted by Crippen LogP contribution is -2.29. The molecule has 0 saturated carbocycles. The predicted molar refractivity (Wildman–Crippen MR) is 115 cm³/mol. The minimum absolute atomic E-state index is 0.203. The van der Waals surface area contributed by atoms with E-state index in [1.165, 1.54) is 4.90 Å². The molecule has 9 heteroatoms. The molecule has 0 spiro atoms. The number of hydrogen-bond donors (Lipinski definition) is 1. The van der Waals surface area contributed by atoms with E-state index in [-0.39, 0.29) is 19.1 Å². The topological polar surface area (TPSA) is 67.8 Å². The molecule has 6 nitrogen and oxygen atoms in total. The fourth-order valence-electron chi connectivity index (χ4n) is 2.71. The molecule has 29 heavy (non-hydrogen) atoms. The molecule has 3 heterocycles. The molecule has 1 aliphatic rings. The lowest BCUT2D eigenvalue weighted by Gasteiger charge is -2.11. The number of benzene rings is 1. The van der Waals surface area contributed by atoms with Crippen LogP contribution in [0.1, 0.15) is 17.3 Å². The largest absolute Gasteiger partial charge is 0.484 e. The van der Waals surface area contributed by atoms with Crippen LogP contribution in [0.15, 0.2) is 67.7 Å². The first kappa shape index (κ1) is 19.8. The molecule has 4 rings (SSSR count). The van der Waals surface area contributed by atoms with Crippen LogP contribution in [0.2, 0.25) is 5.02 Å². The number of rotatable bonds is 6. The quantitative estimate of drug-likeness (QED) is 0.379. The molecule has 0 radical (unpaired) electrons. The van der Waals surface area contributed by atoms with Crippen LogP contribution in [0.5, 0.6) is 5.75 Å². The molecule has 0 bridgehead atoms. The Morgan fingerprint density at radius 1 is 1.24 bits per heavy atom. The zero-order valence-electron chi connectivity index (χ0n) is 14.9. The molecule has 1 saturated heterocycles. The van der Waals surface area contributed by atoms with E-state index in [0.29, 0.717) is 38.9 Å². The second-order valence-electron chi connectivity index (χ2n) is 6.13. The van der Waals surface area contributed by atoms with Crippen LogP contribution in [0.4, 0.5) is 0 Å². The first-order chi connectivity index (χ1) is 14.0. The number of thiocarbonyl (C=S) groups is 1. The molecule has 1 N–H and O–H groups in total. The van der Waals surface area contributed by atoms with Crippen LogP contribution in [0.25, 0.3) is 6.08 Å². The third-order valence-corrected chi connectivity index (χ3v) is 5.20. The maximum Gasteiger partial charge on any atom is 0.277 e. The van der Waals surface area contributed by atoms with Gasteiger partial charge < -0.3 is 18.9 Å². The summed E-state index contributed by atoms with van der Waals surface area (Å²) in [6, 6.07) is 12.4. The van der Waals surface area contributed by atoms with Crippen molar-refractivity contribution in [3.63, 3.8) is 0 Å². The Kier molecular flexibility index (Phi) is 5.75. The number of carbonyl (C=O) groups excluding carboxylic acids is 1. The summed E-state index contributed by atoms with van der Waals surface area (Å²) in [6.07, 6.45) is 3.16. The van der Waals surface area contributed by atoms with Crippen LogP contribution in [-0.4, -0.2) is 15.9 Å². The molecule has 0 aliphatic carbocycles. The van der Waals surface area contributed by atoms with Crippen LogP contribution in [0.3, 0.4) is 0 Å². The van der Waals surface area contributed by atoms with Gasteiger partial charge in [0.25, 0.3) is 5.91 Å². The van der Waals surface area contributed by atoms with E-state index in [0.717, 1.165) is 4.47 Å². The normalized spacial score (nSPS) is 15.2. The summed E-state index contributed by atoms with van der Waals surface area (Å²) in [5.74, 6) is 2.05. The van der Waals surface area contributed by atoms with Gasteiger partial charge in [-0.1, -0.05) is 27.5 Å². The minimum atomic E-state index is -0.248. The molecular formula is C20H14BrClN2O4S. The van der Waals surface area contributed by atoms with Crippen LogP contribution in [0, 0.1) is 0 Å². The summed E-state index contributed by atoms with van der Waals surface area (Å²) in [6.45, 7) is 0.467. The number of furan rings is 2. The van der Waals surface area contributed by atoms with E-state index in [2.05, 4.69) is 21.2 Å². The van der Waals surface area contributed by atoms with Crippen molar-refractivity contribution in [2.75, 3.05) is 0 Å². The molecule has 3 aromatic rings. The van der Waals surface area contributed by atoms with Crippen molar-refractivity contribution in [2.45, 2.75) is 13.2 Å². The number of hydrogen-bond acceptors (Lipinski definition) is 5. The van der Waals surface area contributed by atoms with Crippen molar-refractivity contribution in [1.82, 2.24) is 10.2 Å². The summed E-state index contributed by atoms with van der Waals surface area (Å²) < 4.78 is 17.6. The fourth-order valence-corrected chi connectivity index (χ4v) is 3.69. The van der Waals surface area contributed by atoms with Crippen molar-refractivity contribution in [1.29, 1.82) is 0 Å². The van der Waals surface area contributed by atoms with E-state index in [1.807, 2.05) is 6.07 Å². The Bertz CT molecular complexity index is 1090.